The van der Waals surface area contributed by atoms with E-state index in [1.807, 2.05) is 54.6 Å². The highest BCUT2D eigenvalue weighted by molar-refractivity contribution is 7.58. The van der Waals surface area contributed by atoms with Crippen molar-refractivity contribution in [1.82, 2.24) is 10.6 Å². The second-order valence-corrected chi connectivity index (χ2v) is 12.9. The molecule has 0 fully saturated rings. The maximum absolute atomic E-state index is 13.4. The molecule has 230 valence electrons. The van der Waals surface area contributed by atoms with Crippen molar-refractivity contribution >= 4 is 31.3 Å². The molecule has 12 heteroatoms. The maximum Gasteiger partial charge on any atom is 0.410 e. The first-order valence-electron chi connectivity index (χ1n) is 13.8. The van der Waals surface area contributed by atoms with Gasteiger partial charge in [0.1, 0.15) is 11.8 Å². The third kappa shape index (κ3) is 10.9. The number of ether oxygens (including phenoxy) is 3. The van der Waals surface area contributed by atoms with Crippen molar-refractivity contribution in [3.05, 3.63) is 60.2 Å². The van der Waals surface area contributed by atoms with Gasteiger partial charge in [-0.3, -0.25) is 14.2 Å². The Hall–Kier alpha value is -3.69. The van der Waals surface area contributed by atoms with Crippen molar-refractivity contribution < 1.29 is 42.8 Å². The molecule has 0 spiro atoms. The zero-order valence-corrected chi connectivity index (χ0v) is 25.8. The van der Waals surface area contributed by atoms with Crippen LogP contribution in [-0.4, -0.2) is 59.7 Å². The molecule has 42 heavy (non-hydrogen) atoms. The van der Waals surface area contributed by atoms with Crippen LogP contribution in [0.2, 0.25) is 0 Å². The fourth-order valence-corrected chi connectivity index (χ4v) is 5.45. The van der Waals surface area contributed by atoms with E-state index in [1.165, 1.54) is 20.8 Å². The lowest BCUT2D eigenvalue weighted by Crippen LogP contribution is -2.44. The molecule has 2 aromatic rings. The quantitative estimate of drug-likeness (QED) is 0.161. The highest BCUT2D eigenvalue weighted by Gasteiger charge is 2.36. The van der Waals surface area contributed by atoms with Crippen molar-refractivity contribution in [3.8, 4) is 11.1 Å². The molecule has 0 heterocycles. The molecule has 0 radical (unpaired) electrons. The highest BCUT2D eigenvalue weighted by Crippen LogP contribution is 2.47. The molecule has 0 aliphatic rings. The van der Waals surface area contributed by atoms with Crippen LogP contribution in [0.3, 0.4) is 0 Å². The molecule has 2 rings (SSSR count). The normalized spacial score (nSPS) is 15.3. The molecule has 0 aliphatic heterocycles. The highest BCUT2D eigenvalue weighted by atomic mass is 31.2. The fourth-order valence-electron chi connectivity index (χ4n) is 3.90. The number of benzene rings is 2. The minimum atomic E-state index is -4.20. The number of carbonyl (C=O) groups excluding carboxylic acids is 4. The Morgan fingerprint density at radius 1 is 0.833 bits per heavy atom. The van der Waals surface area contributed by atoms with Gasteiger partial charge in [0.25, 0.3) is 0 Å². The van der Waals surface area contributed by atoms with E-state index in [4.69, 9.17) is 14.2 Å². The van der Waals surface area contributed by atoms with Gasteiger partial charge in [-0.05, 0) is 43.9 Å². The molecule has 2 aromatic carbocycles. The fraction of sp³-hybridized carbons (Fsp3) is 0.467. The molecule has 0 saturated heterocycles. The predicted molar refractivity (Wildman–Crippen MR) is 157 cm³/mol. The van der Waals surface area contributed by atoms with E-state index in [0.29, 0.717) is 0 Å². The lowest BCUT2D eigenvalue weighted by atomic mass is 9.97. The summed E-state index contributed by atoms with van der Waals surface area (Å²) in [7, 11) is -4.20. The monoisotopic (exact) mass is 604 g/mol. The van der Waals surface area contributed by atoms with E-state index in [2.05, 4.69) is 10.6 Å². The minimum Gasteiger partial charge on any atom is -0.464 e. The summed E-state index contributed by atoms with van der Waals surface area (Å²) in [6, 6.07) is 16.2. The Balaban J connectivity index is 2.17. The molecule has 0 aliphatic carbocycles. The topological polar surface area (TPSA) is 157 Å². The number of alkyl carbamates (subject to hydrolysis) is 1. The van der Waals surface area contributed by atoms with E-state index < -0.39 is 67.4 Å². The van der Waals surface area contributed by atoms with Gasteiger partial charge < -0.3 is 29.7 Å². The Bertz CT molecular complexity index is 1250. The summed E-state index contributed by atoms with van der Waals surface area (Å²) >= 11 is 0. The number of amides is 2. The van der Waals surface area contributed by atoms with Crippen molar-refractivity contribution in [3.63, 3.8) is 0 Å². The number of nitrogens with one attached hydrogen (secondary N) is 2. The van der Waals surface area contributed by atoms with Crippen molar-refractivity contribution in [2.75, 3.05) is 12.8 Å². The number of hydrogen-bond acceptors (Lipinski definition) is 8. The number of rotatable bonds is 14. The largest absolute Gasteiger partial charge is 0.464 e. The van der Waals surface area contributed by atoms with E-state index >= 15 is 0 Å². The summed E-state index contributed by atoms with van der Waals surface area (Å²) < 4.78 is 28.3. The molecule has 5 atom stereocenters. The molecule has 0 aromatic heterocycles. The van der Waals surface area contributed by atoms with Crippen LogP contribution >= 0.6 is 7.37 Å². The van der Waals surface area contributed by atoms with Gasteiger partial charge in [-0.2, -0.15) is 0 Å². The third-order valence-corrected chi connectivity index (χ3v) is 8.66. The Kier molecular flexibility index (Phi) is 13.2. The molecular formula is C30H41N2O9P. The SMILES string of the molecule is CCOC(=O)C(C)NC(=O)[C@H](Cc1ccc(-c2ccccc2)cc1)CP(=O)(O)C(C)NC(=O)OC(C)OC(=O)C(C)C. The summed E-state index contributed by atoms with van der Waals surface area (Å²) in [6.45, 7) is 9.15. The van der Waals surface area contributed by atoms with E-state index in [-0.39, 0.29) is 13.0 Å². The lowest BCUT2D eigenvalue weighted by molar-refractivity contribution is -0.168. The van der Waals surface area contributed by atoms with Gasteiger partial charge in [-0.15, -0.1) is 0 Å². The van der Waals surface area contributed by atoms with Crippen molar-refractivity contribution in [1.29, 1.82) is 0 Å². The van der Waals surface area contributed by atoms with Gasteiger partial charge in [0, 0.05) is 13.1 Å². The summed E-state index contributed by atoms with van der Waals surface area (Å²) in [6.07, 6.45) is -2.67. The van der Waals surface area contributed by atoms with Crippen LogP contribution in [0, 0.1) is 11.8 Å². The molecule has 0 bridgehead atoms. The van der Waals surface area contributed by atoms with Gasteiger partial charge in [-0.25, -0.2) is 9.59 Å². The number of hydrogen-bond donors (Lipinski definition) is 3. The second kappa shape index (κ2) is 16.1. The van der Waals surface area contributed by atoms with E-state index in [9.17, 15) is 28.6 Å². The Morgan fingerprint density at radius 2 is 1.43 bits per heavy atom. The Morgan fingerprint density at radius 3 is 2.00 bits per heavy atom. The third-order valence-electron chi connectivity index (χ3n) is 6.35. The van der Waals surface area contributed by atoms with E-state index in [1.54, 1.807) is 20.8 Å². The van der Waals surface area contributed by atoms with Crippen LogP contribution in [0.15, 0.2) is 54.6 Å². The first-order valence-corrected chi connectivity index (χ1v) is 15.7. The standard InChI is InChI=1S/C30H41N2O9P/c1-7-39-29(35)20(4)31-27(33)26(17-23-13-15-25(16-14-23)24-11-9-8-10-12-24)18-42(37,38)21(5)32-30(36)41-22(6)40-28(34)19(2)3/h8-16,19-22,26H,7,17-18H2,1-6H3,(H,31,33)(H,32,36)(H,37,38)/t20?,21?,22?,26-/m1/s1. The summed E-state index contributed by atoms with van der Waals surface area (Å²) in [5.74, 6) is -4.56. The number of esters is 2. The van der Waals surface area contributed by atoms with Gasteiger partial charge in [-0.1, -0.05) is 68.4 Å². The van der Waals surface area contributed by atoms with Crippen LogP contribution in [0.1, 0.15) is 47.1 Å². The Labute approximate surface area is 246 Å². The first kappa shape index (κ1) is 34.5. The molecule has 0 saturated carbocycles. The summed E-state index contributed by atoms with van der Waals surface area (Å²) in [4.78, 5) is 60.3. The van der Waals surface area contributed by atoms with Crippen LogP contribution in [0.5, 0.6) is 0 Å². The number of carbonyl (C=O) groups is 4. The van der Waals surface area contributed by atoms with Crippen LogP contribution in [0.4, 0.5) is 4.79 Å². The van der Waals surface area contributed by atoms with Gasteiger partial charge in [0.2, 0.25) is 19.6 Å². The summed E-state index contributed by atoms with van der Waals surface area (Å²) in [5, 5.41) is 4.86. The van der Waals surface area contributed by atoms with E-state index in [0.717, 1.165) is 16.7 Å². The van der Waals surface area contributed by atoms with Crippen molar-refractivity contribution in [2.24, 2.45) is 11.8 Å². The van der Waals surface area contributed by atoms with Crippen LogP contribution < -0.4 is 10.6 Å². The molecular weight excluding hydrogens is 563 g/mol. The smallest absolute Gasteiger partial charge is 0.410 e. The molecule has 4 unspecified atom stereocenters. The summed E-state index contributed by atoms with van der Waals surface area (Å²) in [5.41, 5.74) is 2.72. The second-order valence-electron chi connectivity index (χ2n) is 10.3. The van der Waals surface area contributed by atoms with Gasteiger partial charge >= 0.3 is 18.0 Å². The molecule has 2 amide bonds. The zero-order valence-electron chi connectivity index (χ0n) is 24.9. The van der Waals surface area contributed by atoms with Crippen molar-refractivity contribution in [2.45, 2.75) is 66.1 Å². The van der Waals surface area contributed by atoms with Crippen LogP contribution in [-0.2, 0) is 39.6 Å². The molecule has 3 N–H and O–H groups in total. The minimum absolute atomic E-state index is 0.0976. The van der Waals surface area contributed by atoms with Crippen LogP contribution in [0.25, 0.3) is 11.1 Å². The molecule has 11 nitrogen and oxygen atoms in total. The van der Waals surface area contributed by atoms with Gasteiger partial charge in [0.05, 0.1) is 18.4 Å². The average molecular weight is 605 g/mol. The van der Waals surface area contributed by atoms with Gasteiger partial charge in [0.15, 0.2) is 0 Å². The average Bonchev–Trinajstić information content (AvgIpc) is 2.93. The maximum atomic E-state index is 13.4. The lowest BCUT2D eigenvalue weighted by Gasteiger charge is -2.26. The predicted octanol–water partition coefficient (Wildman–Crippen LogP) is 4.47. The zero-order chi connectivity index (χ0) is 31.4. The first-order chi connectivity index (χ1) is 19.7.